The molecule has 0 aliphatic rings. The number of hydrogen-bond acceptors (Lipinski definition) is 3. The van der Waals surface area contributed by atoms with Crippen LogP contribution >= 0.6 is 0 Å². The molecule has 0 saturated heterocycles. The summed E-state index contributed by atoms with van der Waals surface area (Å²) in [5, 5.41) is 0. The summed E-state index contributed by atoms with van der Waals surface area (Å²) in [6.45, 7) is 10.6. The first-order chi connectivity index (χ1) is 8.24. The van der Waals surface area contributed by atoms with Crippen LogP contribution in [0.1, 0.15) is 52.5 Å². The average Bonchev–Trinajstić information content (AvgIpc) is 2.71. The van der Waals surface area contributed by atoms with Crippen LogP contribution in [0.4, 0.5) is 0 Å². The number of rotatable bonds is 2. The van der Waals surface area contributed by atoms with E-state index < -0.39 is 5.54 Å². The average molecular weight is 246 g/mol. The van der Waals surface area contributed by atoms with Crippen LogP contribution < -0.4 is 5.73 Å². The van der Waals surface area contributed by atoms with Gasteiger partial charge < -0.3 is 10.2 Å². The van der Waals surface area contributed by atoms with Gasteiger partial charge in [-0.15, -0.1) is 0 Å². The predicted molar refractivity (Wildman–Crippen MR) is 74.5 cm³/mol. The minimum atomic E-state index is -0.499. The molecule has 1 aromatic carbocycles. The number of hydrogen-bond donors (Lipinski definition) is 1. The van der Waals surface area contributed by atoms with Crippen LogP contribution in [0, 0.1) is 0 Å². The molecule has 0 radical (unpaired) electrons. The number of nitrogens with zero attached hydrogens (tertiary/aromatic N) is 1. The normalized spacial score (nSPS) is 15.9. The third-order valence-corrected chi connectivity index (χ3v) is 3.48. The molecule has 0 fully saturated rings. The minimum Gasteiger partial charge on any atom is -0.439 e. The number of benzene rings is 1. The Morgan fingerprint density at radius 2 is 1.89 bits per heavy atom. The van der Waals surface area contributed by atoms with Gasteiger partial charge >= 0.3 is 0 Å². The highest BCUT2D eigenvalue weighted by Gasteiger charge is 2.25. The van der Waals surface area contributed by atoms with Gasteiger partial charge in [0, 0.05) is 0 Å². The van der Waals surface area contributed by atoms with E-state index in [1.807, 2.05) is 19.9 Å². The molecule has 1 atom stereocenters. The summed E-state index contributed by atoms with van der Waals surface area (Å²) in [7, 11) is 0. The Bertz CT molecular complexity index is 561. The van der Waals surface area contributed by atoms with E-state index in [4.69, 9.17) is 10.2 Å². The lowest BCUT2D eigenvalue weighted by molar-refractivity contribution is 0.356. The first-order valence-corrected chi connectivity index (χ1v) is 6.44. The van der Waals surface area contributed by atoms with Gasteiger partial charge in [-0.1, -0.05) is 33.8 Å². The lowest BCUT2D eigenvalue weighted by Gasteiger charge is -2.18. The van der Waals surface area contributed by atoms with Gasteiger partial charge in [-0.05, 0) is 36.5 Å². The zero-order valence-corrected chi connectivity index (χ0v) is 11.9. The Labute approximate surface area is 108 Å². The molecular formula is C15H22N2O. The summed E-state index contributed by atoms with van der Waals surface area (Å²) < 4.78 is 5.76. The third kappa shape index (κ3) is 2.27. The van der Waals surface area contributed by atoms with Crippen molar-refractivity contribution in [3.05, 3.63) is 29.7 Å². The van der Waals surface area contributed by atoms with Gasteiger partial charge in [0.25, 0.3) is 0 Å². The summed E-state index contributed by atoms with van der Waals surface area (Å²) in [5.74, 6) is 0.617. The highest BCUT2D eigenvalue weighted by Crippen LogP contribution is 2.29. The van der Waals surface area contributed by atoms with E-state index in [1.165, 1.54) is 5.56 Å². The second kappa shape index (κ2) is 4.09. The van der Waals surface area contributed by atoms with Crippen molar-refractivity contribution in [3.8, 4) is 0 Å². The summed E-state index contributed by atoms with van der Waals surface area (Å²) in [5.41, 5.74) is 8.74. The van der Waals surface area contributed by atoms with Crippen molar-refractivity contribution in [3.63, 3.8) is 0 Å². The van der Waals surface area contributed by atoms with Gasteiger partial charge in [0.1, 0.15) is 5.52 Å². The van der Waals surface area contributed by atoms with Crippen molar-refractivity contribution in [1.29, 1.82) is 0 Å². The van der Waals surface area contributed by atoms with Crippen molar-refractivity contribution in [2.75, 3.05) is 0 Å². The molecule has 2 rings (SSSR count). The fraction of sp³-hybridized carbons (Fsp3) is 0.533. The SMILES string of the molecule is CCC(C)(N)c1nc2cc(C(C)(C)C)ccc2o1. The summed E-state index contributed by atoms with van der Waals surface area (Å²) in [6.07, 6.45) is 0.798. The van der Waals surface area contributed by atoms with Gasteiger partial charge in [0.05, 0.1) is 5.54 Å². The molecule has 1 heterocycles. The molecule has 0 spiro atoms. The Kier molecular flexibility index (Phi) is 2.98. The molecule has 3 nitrogen and oxygen atoms in total. The van der Waals surface area contributed by atoms with Crippen molar-refractivity contribution in [2.24, 2.45) is 5.73 Å². The van der Waals surface area contributed by atoms with Gasteiger partial charge in [-0.25, -0.2) is 4.98 Å². The van der Waals surface area contributed by atoms with E-state index in [1.54, 1.807) is 0 Å². The van der Waals surface area contributed by atoms with Crippen LogP contribution in [-0.2, 0) is 11.0 Å². The number of fused-ring (bicyclic) bond motifs is 1. The zero-order valence-electron chi connectivity index (χ0n) is 11.9. The van der Waals surface area contributed by atoms with Gasteiger partial charge in [0.2, 0.25) is 5.89 Å². The highest BCUT2D eigenvalue weighted by atomic mass is 16.3. The second-order valence-corrected chi connectivity index (χ2v) is 6.22. The Morgan fingerprint density at radius 3 is 2.44 bits per heavy atom. The first kappa shape index (κ1) is 13.1. The maximum Gasteiger partial charge on any atom is 0.215 e. The van der Waals surface area contributed by atoms with Crippen molar-refractivity contribution in [1.82, 2.24) is 4.98 Å². The van der Waals surface area contributed by atoms with Crippen molar-refractivity contribution in [2.45, 2.75) is 52.0 Å². The molecule has 2 aromatic rings. The van der Waals surface area contributed by atoms with Crippen LogP contribution in [0.5, 0.6) is 0 Å². The monoisotopic (exact) mass is 246 g/mol. The Morgan fingerprint density at radius 1 is 1.22 bits per heavy atom. The molecular weight excluding hydrogens is 224 g/mol. The molecule has 2 N–H and O–H groups in total. The first-order valence-electron chi connectivity index (χ1n) is 6.44. The van der Waals surface area contributed by atoms with E-state index in [2.05, 4.69) is 37.9 Å². The smallest absolute Gasteiger partial charge is 0.215 e. The highest BCUT2D eigenvalue weighted by molar-refractivity contribution is 5.74. The number of aromatic nitrogens is 1. The Hall–Kier alpha value is -1.35. The van der Waals surface area contributed by atoms with E-state index in [0.29, 0.717) is 5.89 Å². The van der Waals surface area contributed by atoms with Crippen LogP contribution in [-0.4, -0.2) is 4.98 Å². The fourth-order valence-corrected chi connectivity index (χ4v) is 1.79. The molecule has 0 bridgehead atoms. The topological polar surface area (TPSA) is 52.0 Å². The van der Waals surface area contributed by atoms with Crippen molar-refractivity contribution >= 4 is 11.1 Å². The molecule has 1 unspecified atom stereocenters. The lowest BCUT2D eigenvalue weighted by Crippen LogP contribution is -2.32. The van der Waals surface area contributed by atoms with Crippen LogP contribution in [0.3, 0.4) is 0 Å². The van der Waals surface area contributed by atoms with Gasteiger partial charge in [0.15, 0.2) is 5.58 Å². The van der Waals surface area contributed by atoms with Crippen LogP contribution in [0.2, 0.25) is 0 Å². The molecule has 18 heavy (non-hydrogen) atoms. The fourth-order valence-electron chi connectivity index (χ4n) is 1.79. The van der Waals surface area contributed by atoms with Gasteiger partial charge in [-0.3, -0.25) is 0 Å². The largest absolute Gasteiger partial charge is 0.439 e. The van der Waals surface area contributed by atoms with E-state index in [9.17, 15) is 0 Å². The van der Waals surface area contributed by atoms with E-state index >= 15 is 0 Å². The maximum absolute atomic E-state index is 6.17. The predicted octanol–water partition coefficient (Wildman–Crippen LogP) is 3.71. The molecule has 98 valence electrons. The molecule has 0 aliphatic heterocycles. The standard InChI is InChI=1S/C15H22N2O/c1-6-15(5,16)13-17-11-9-10(14(2,3)4)7-8-12(11)18-13/h7-9H,6,16H2,1-5H3. The Balaban J connectivity index is 2.53. The summed E-state index contributed by atoms with van der Waals surface area (Å²) in [4.78, 5) is 4.54. The molecule has 0 saturated carbocycles. The second-order valence-electron chi connectivity index (χ2n) is 6.22. The minimum absolute atomic E-state index is 0.115. The van der Waals surface area contributed by atoms with Crippen LogP contribution in [0.15, 0.2) is 22.6 Å². The number of oxazole rings is 1. The summed E-state index contributed by atoms with van der Waals surface area (Å²) >= 11 is 0. The molecule has 0 amide bonds. The molecule has 3 heteroatoms. The third-order valence-electron chi connectivity index (χ3n) is 3.48. The molecule has 0 aliphatic carbocycles. The maximum atomic E-state index is 6.17. The molecule has 1 aromatic heterocycles. The lowest BCUT2D eigenvalue weighted by atomic mass is 9.87. The quantitative estimate of drug-likeness (QED) is 0.878. The summed E-state index contributed by atoms with van der Waals surface area (Å²) in [6, 6.07) is 6.17. The van der Waals surface area contributed by atoms with Gasteiger partial charge in [-0.2, -0.15) is 0 Å². The van der Waals surface area contributed by atoms with E-state index in [-0.39, 0.29) is 5.41 Å². The van der Waals surface area contributed by atoms with Crippen LogP contribution in [0.25, 0.3) is 11.1 Å². The number of nitrogens with two attached hydrogens (primary N) is 1. The van der Waals surface area contributed by atoms with E-state index in [0.717, 1.165) is 17.5 Å². The van der Waals surface area contributed by atoms with Crippen molar-refractivity contribution < 1.29 is 4.42 Å². The zero-order chi connectivity index (χ0) is 13.6.